The zero-order valence-corrected chi connectivity index (χ0v) is 22.6. The average Bonchev–Trinajstić information content (AvgIpc) is 3.72. The van der Waals surface area contributed by atoms with Crippen LogP contribution in [0.3, 0.4) is 0 Å². The van der Waals surface area contributed by atoms with Gasteiger partial charge in [-0.1, -0.05) is 18.2 Å². The summed E-state index contributed by atoms with van der Waals surface area (Å²) in [4.78, 5) is 28.7. The Morgan fingerprint density at radius 2 is 1.81 bits per heavy atom. The Labute approximate surface area is 243 Å². The fourth-order valence-electron chi connectivity index (χ4n) is 4.78. The minimum absolute atomic E-state index is 0.0328. The first kappa shape index (κ1) is 27.8. The zero-order valence-electron chi connectivity index (χ0n) is 22.6. The van der Waals surface area contributed by atoms with Crippen LogP contribution in [-0.4, -0.2) is 42.3 Å². The lowest BCUT2D eigenvalue weighted by Gasteiger charge is -2.15. The van der Waals surface area contributed by atoms with Crippen molar-refractivity contribution in [1.29, 1.82) is 5.26 Å². The molecule has 6 rings (SSSR count). The molecule has 2 aromatic carbocycles. The molecule has 0 saturated heterocycles. The third kappa shape index (κ3) is 5.74. The van der Waals surface area contributed by atoms with Crippen LogP contribution < -0.4 is 4.74 Å². The van der Waals surface area contributed by atoms with Gasteiger partial charge >= 0.3 is 12.0 Å². The van der Waals surface area contributed by atoms with Crippen molar-refractivity contribution in [3.8, 4) is 23.3 Å². The molecule has 1 saturated carbocycles. The summed E-state index contributed by atoms with van der Waals surface area (Å²) in [5.41, 5.74) is 1.63. The minimum atomic E-state index is -1.19. The molecule has 0 spiro atoms. The maximum atomic E-state index is 15.4. The van der Waals surface area contributed by atoms with E-state index in [9.17, 15) is 18.7 Å². The highest BCUT2D eigenvalue weighted by molar-refractivity contribution is 5.88. The van der Waals surface area contributed by atoms with E-state index in [2.05, 4.69) is 19.9 Å². The maximum absolute atomic E-state index is 15.4. The number of aromatic nitrogens is 5. The second-order valence-corrected chi connectivity index (χ2v) is 10.5. The molecule has 9 nitrogen and oxygen atoms in total. The molecule has 1 aliphatic carbocycles. The Hall–Kier alpha value is -5.31. The molecule has 3 heterocycles. The number of carboxylic acids is 1. The van der Waals surface area contributed by atoms with Crippen LogP contribution in [0.25, 0.3) is 22.4 Å². The Bertz CT molecular complexity index is 1920. The number of rotatable bonds is 10. The maximum Gasteiger partial charge on any atom is 0.354 e. The number of ether oxygens (including phenoxy) is 1. The lowest BCUT2D eigenvalue weighted by Crippen LogP contribution is -2.17. The number of hydrogen-bond donors (Lipinski definition) is 1. The Balaban J connectivity index is 1.24. The van der Waals surface area contributed by atoms with E-state index in [1.165, 1.54) is 30.5 Å². The number of nitriles is 1. The summed E-state index contributed by atoms with van der Waals surface area (Å²) in [6.07, 6.45) is 2.90. The molecule has 1 aliphatic rings. The molecular formula is C31H23F3N6O3. The predicted octanol–water partition coefficient (Wildman–Crippen LogP) is 5.66. The minimum Gasteiger partial charge on any atom is -0.477 e. The molecule has 0 amide bonds. The Morgan fingerprint density at radius 3 is 2.51 bits per heavy atom. The van der Waals surface area contributed by atoms with Gasteiger partial charge in [0.25, 0.3) is 0 Å². The summed E-state index contributed by atoms with van der Waals surface area (Å²) in [6, 6.07) is 15.0. The van der Waals surface area contributed by atoms with Gasteiger partial charge in [-0.25, -0.2) is 28.5 Å². The van der Waals surface area contributed by atoms with Crippen LogP contribution in [0, 0.1) is 28.4 Å². The predicted molar refractivity (Wildman–Crippen MR) is 148 cm³/mol. The van der Waals surface area contributed by atoms with Crippen molar-refractivity contribution in [2.45, 2.75) is 32.4 Å². The topological polar surface area (TPSA) is 127 Å². The number of hydrogen-bond acceptors (Lipinski definition) is 7. The summed E-state index contributed by atoms with van der Waals surface area (Å²) in [6.45, 7) is -0.427. The molecule has 216 valence electrons. The highest BCUT2D eigenvalue weighted by atomic mass is 19.1. The van der Waals surface area contributed by atoms with Crippen molar-refractivity contribution in [3.63, 3.8) is 0 Å². The summed E-state index contributed by atoms with van der Waals surface area (Å²) in [7, 11) is 0. The molecule has 12 heteroatoms. The number of imidazole rings is 1. The van der Waals surface area contributed by atoms with Crippen molar-refractivity contribution < 1.29 is 27.8 Å². The summed E-state index contributed by atoms with van der Waals surface area (Å²) < 4.78 is 50.7. The van der Waals surface area contributed by atoms with Crippen LogP contribution in [0.2, 0.25) is 0 Å². The van der Waals surface area contributed by atoms with E-state index in [1.54, 1.807) is 28.8 Å². The van der Waals surface area contributed by atoms with Crippen LogP contribution in [0.4, 0.5) is 13.2 Å². The number of halogens is 3. The molecular weight excluding hydrogens is 561 g/mol. The van der Waals surface area contributed by atoms with Gasteiger partial charge in [-0.05, 0) is 54.8 Å². The van der Waals surface area contributed by atoms with Crippen molar-refractivity contribution in [2.24, 2.45) is 5.41 Å². The molecule has 0 bridgehead atoms. The lowest BCUT2D eigenvalue weighted by atomic mass is 10.1. The average molecular weight is 585 g/mol. The van der Waals surface area contributed by atoms with E-state index in [-0.39, 0.29) is 42.4 Å². The largest absolute Gasteiger partial charge is 0.477 e. The number of nitrogens with zero attached hydrogens (tertiary/aromatic N) is 6. The highest BCUT2D eigenvalue weighted by Crippen LogP contribution is 2.48. The van der Waals surface area contributed by atoms with Crippen LogP contribution in [0.5, 0.6) is 6.01 Å². The molecule has 0 unspecified atom stereocenters. The first-order valence-corrected chi connectivity index (χ1v) is 13.4. The van der Waals surface area contributed by atoms with E-state index >= 15 is 4.39 Å². The molecule has 1 fully saturated rings. The molecule has 5 aromatic rings. The van der Waals surface area contributed by atoms with Gasteiger partial charge in [-0.2, -0.15) is 10.2 Å². The SMILES string of the molecule is N#Cc1ccc(COc2nccc(-c3ccc(Cc4nc5ccc(C(=O)O)nc5n4CC4(CF)CC4)c(F)c3)n2)c(F)c1. The highest BCUT2D eigenvalue weighted by Gasteiger charge is 2.44. The molecule has 0 atom stereocenters. The monoisotopic (exact) mass is 584 g/mol. The van der Waals surface area contributed by atoms with E-state index in [0.29, 0.717) is 46.7 Å². The van der Waals surface area contributed by atoms with Gasteiger partial charge in [0, 0.05) is 35.7 Å². The fraction of sp³-hybridized carbons (Fsp3) is 0.226. The molecule has 0 radical (unpaired) electrons. The van der Waals surface area contributed by atoms with Crippen molar-refractivity contribution in [2.75, 3.05) is 6.67 Å². The van der Waals surface area contributed by atoms with Crippen molar-refractivity contribution >= 4 is 17.1 Å². The number of pyridine rings is 1. The Kier molecular flexibility index (Phi) is 7.23. The quantitative estimate of drug-likeness (QED) is 0.223. The van der Waals surface area contributed by atoms with Gasteiger partial charge in [0.15, 0.2) is 11.3 Å². The number of alkyl halides is 1. The van der Waals surface area contributed by atoms with Gasteiger partial charge in [0.05, 0.1) is 24.0 Å². The molecule has 3 aromatic heterocycles. The normalized spacial score (nSPS) is 13.5. The molecule has 0 aliphatic heterocycles. The van der Waals surface area contributed by atoms with E-state index < -0.39 is 29.7 Å². The summed E-state index contributed by atoms with van der Waals surface area (Å²) >= 11 is 0. The van der Waals surface area contributed by atoms with Crippen LogP contribution in [0.1, 0.15) is 45.8 Å². The summed E-state index contributed by atoms with van der Waals surface area (Å²) in [5, 5.41) is 18.3. The van der Waals surface area contributed by atoms with Crippen LogP contribution >= 0.6 is 0 Å². The second kappa shape index (κ2) is 11.2. The van der Waals surface area contributed by atoms with Gasteiger partial charge < -0.3 is 14.4 Å². The van der Waals surface area contributed by atoms with Crippen LogP contribution in [0.15, 0.2) is 60.8 Å². The smallest absolute Gasteiger partial charge is 0.354 e. The van der Waals surface area contributed by atoms with E-state index in [1.807, 2.05) is 6.07 Å². The fourth-order valence-corrected chi connectivity index (χ4v) is 4.78. The zero-order chi connectivity index (χ0) is 30.1. The standard InChI is InChI=1S/C31H23F3N6O3/c32-16-31(8-9-31)17-40-27(37-25-5-6-26(29(41)42)38-28(25)40)13-19-3-4-20(12-23(19)34)24-7-10-36-30(39-24)43-15-21-2-1-18(14-35)11-22(21)33/h1-7,10-12H,8-9,13,15-17H2,(H,41,42). The van der Waals surface area contributed by atoms with Crippen molar-refractivity contribution in [1.82, 2.24) is 24.5 Å². The number of benzene rings is 2. The summed E-state index contributed by atoms with van der Waals surface area (Å²) in [5.74, 6) is -1.85. The first-order chi connectivity index (χ1) is 20.8. The Morgan fingerprint density at radius 1 is 1.02 bits per heavy atom. The van der Waals surface area contributed by atoms with Crippen LogP contribution in [-0.2, 0) is 19.6 Å². The third-order valence-corrected chi connectivity index (χ3v) is 7.49. The van der Waals surface area contributed by atoms with Gasteiger partial charge in [-0.15, -0.1) is 0 Å². The van der Waals surface area contributed by atoms with E-state index in [4.69, 9.17) is 10.00 Å². The second-order valence-electron chi connectivity index (χ2n) is 10.5. The van der Waals surface area contributed by atoms with Gasteiger partial charge in [0.1, 0.15) is 29.6 Å². The number of fused-ring (bicyclic) bond motifs is 1. The van der Waals surface area contributed by atoms with Crippen molar-refractivity contribution in [3.05, 3.63) is 101 Å². The number of carbonyl (C=O) groups is 1. The molecule has 43 heavy (non-hydrogen) atoms. The first-order valence-electron chi connectivity index (χ1n) is 13.4. The lowest BCUT2D eigenvalue weighted by molar-refractivity contribution is 0.0690. The van der Waals surface area contributed by atoms with Gasteiger partial charge in [-0.3, -0.25) is 4.39 Å². The number of aromatic carboxylic acids is 1. The van der Waals surface area contributed by atoms with Gasteiger partial charge in [0.2, 0.25) is 0 Å². The molecule has 1 N–H and O–H groups in total. The number of carboxylic acid groups (broad SMARTS) is 1. The van der Waals surface area contributed by atoms with E-state index in [0.717, 1.165) is 6.07 Å². The third-order valence-electron chi connectivity index (χ3n) is 7.49.